The first-order valence-corrected chi connectivity index (χ1v) is 5.13. The molecule has 2 aromatic carbocycles. The van der Waals surface area contributed by atoms with Crippen LogP contribution in [-0.2, 0) is 0 Å². The van der Waals surface area contributed by atoms with E-state index < -0.39 is 5.82 Å². The molecule has 0 atom stereocenters. The monoisotopic (exact) mass is 216 g/mol. The van der Waals surface area contributed by atoms with Gasteiger partial charge >= 0.3 is 0 Å². The van der Waals surface area contributed by atoms with Gasteiger partial charge in [-0.1, -0.05) is 35.4 Å². The Morgan fingerprint density at radius 2 is 1.50 bits per heavy atom. The number of aryl methyl sites for hydroxylation is 2. The van der Waals surface area contributed by atoms with E-state index in [1.54, 1.807) is 6.07 Å². The maximum Gasteiger partial charge on any atom is 0.165 e. The van der Waals surface area contributed by atoms with Crippen LogP contribution in [0.2, 0.25) is 0 Å². The van der Waals surface area contributed by atoms with Gasteiger partial charge in [0.1, 0.15) is 0 Å². The Morgan fingerprint density at radius 1 is 0.875 bits per heavy atom. The predicted molar refractivity (Wildman–Crippen MR) is 63.0 cm³/mol. The number of hydrogen-bond donors (Lipinski definition) is 1. The molecule has 0 heterocycles. The molecule has 0 aliphatic carbocycles. The van der Waals surface area contributed by atoms with Crippen molar-refractivity contribution in [1.82, 2.24) is 0 Å². The van der Waals surface area contributed by atoms with Gasteiger partial charge in [-0.2, -0.15) is 0 Å². The van der Waals surface area contributed by atoms with Crippen molar-refractivity contribution in [2.45, 2.75) is 13.8 Å². The number of benzene rings is 2. The lowest BCUT2D eigenvalue weighted by Gasteiger charge is -2.06. The van der Waals surface area contributed by atoms with Crippen molar-refractivity contribution >= 4 is 0 Å². The van der Waals surface area contributed by atoms with Gasteiger partial charge in [-0.05, 0) is 37.1 Å². The molecule has 2 aromatic rings. The predicted octanol–water partition coefficient (Wildman–Crippen LogP) is 3.82. The van der Waals surface area contributed by atoms with Crippen molar-refractivity contribution < 1.29 is 9.50 Å². The Hall–Kier alpha value is -1.83. The molecule has 0 amide bonds. The summed E-state index contributed by atoms with van der Waals surface area (Å²) in [5.41, 5.74) is 4.03. The van der Waals surface area contributed by atoms with Crippen LogP contribution in [0.5, 0.6) is 5.75 Å². The van der Waals surface area contributed by atoms with E-state index in [0.717, 1.165) is 22.3 Å². The van der Waals surface area contributed by atoms with Gasteiger partial charge in [0.05, 0.1) is 0 Å². The van der Waals surface area contributed by atoms with Crippen LogP contribution in [-0.4, -0.2) is 5.11 Å². The average molecular weight is 216 g/mol. The summed E-state index contributed by atoms with van der Waals surface area (Å²) in [6.45, 7) is 4.01. The average Bonchev–Trinajstić information content (AvgIpc) is 2.20. The third-order valence-electron chi connectivity index (χ3n) is 2.50. The summed E-state index contributed by atoms with van der Waals surface area (Å²) in [6, 6.07) is 10.5. The summed E-state index contributed by atoms with van der Waals surface area (Å²) in [5.74, 6) is -0.898. The molecule has 0 aromatic heterocycles. The molecular formula is C14H13FO. The zero-order valence-electron chi connectivity index (χ0n) is 9.29. The van der Waals surface area contributed by atoms with Crippen molar-refractivity contribution in [2.75, 3.05) is 0 Å². The van der Waals surface area contributed by atoms with E-state index in [9.17, 15) is 4.39 Å². The van der Waals surface area contributed by atoms with E-state index in [1.807, 2.05) is 26.0 Å². The van der Waals surface area contributed by atoms with Crippen LogP contribution in [0.4, 0.5) is 4.39 Å². The maximum absolute atomic E-state index is 13.2. The van der Waals surface area contributed by atoms with Crippen molar-refractivity contribution in [1.29, 1.82) is 0 Å². The topological polar surface area (TPSA) is 20.2 Å². The Bertz CT molecular complexity index is 512. The second-order valence-corrected chi connectivity index (χ2v) is 4.04. The van der Waals surface area contributed by atoms with E-state index in [1.165, 1.54) is 12.1 Å². The van der Waals surface area contributed by atoms with Gasteiger partial charge < -0.3 is 5.11 Å². The second kappa shape index (κ2) is 3.97. The Kier molecular flexibility index (Phi) is 2.65. The summed E-state index contributed by atoms with van der Waals surface area (Å²) < 4.78 is 13.2. The highest BCUT2D eigenvalue weighted by atomic mass is 19.1. The van der Waals surface area contributed by atoms with Crippen LogP contribution in [0, 0.1) is 19.7 Å². The molecule has 0 bridgehead atoms. The van der Waals surface area contributed by atoms with E-state index in [0.29, 0.717) is 0 Å². The molecule has 1 nitrogen and oxygen atoms in total. The molecule has 0 aliphatic heterocycles. The number of aromatic hydroxyl groups is 1. The highest BCUT2D eigenvalue weighted by Gasteiger charge is 2.04. The lowest BCUT2D eigenvalue weighted by Crippen LogP contribution is -1.84. The van der Waals surface area contributed by atoms with Gasteiger partial charge in [-0.15, -0.1) is 0 Å². The Balaban J connectivity index is 2.54. The molecular weight excluding hydrogens is 203 g/mol. The zero-order valence-corrected chi connectivity index (χ0v) is 9.29. The third kappa shape index (κ3) is 2.06. The largest absolute Gasteiger partial charge is 0.505 e. The highest BCUT2D eigenvalue weighted by molar-refractivity contribution is 5.66. The molecule has 0 fully saturated rings. The molecule has 1 N–H and O–H groups in total. The number of rotatable bonds is 1. The van der Waals surface area contributed by atoms with Crippen LogP contribution in [0.25, 0.3) is 11.1 Å². The first-order chi connectivity index (χ1) is 7.56. The fourth-order valence-corrected chi connectivity index (χ4v) is 1.83. The van der Waals surface area contributed by atoms with Crippen LogP contribution in [0.1, 0.15) is 11.1 Å². The van der Waals surface area contributed by atoms with Crippen LogP contribution < -0.4 is 0 Å². The number of phenolic OH excluding ortho intramolecular Hbond substituents is 1. The molecule has 0 aliphatic rings. The fraction of sp³-hybridized carbons (Fsp3) is 0.143. The summed E-state index contributed by atoms with van der Waals surface area (Å²) in [5, 5.41) is 9.12. The molecule has 0 saturated heterocycles. The summed E-state index contributed by atoms with van der Waals surface area (Å²) in [4.78, 5) is 0. The number of hydrogen-bond acceptors (Lipinski definition) is 1. The first-order valence-electron chi connectivity index (χ1n) is 5.13. The summed E-state index contributed by atoms with van der Waals surface area (Å²) in [6.07, 6.45) is 0. The molecule has 0 saturated carbocycles. The van der Waals surface area contributed by atoms with Gasteiger partial charge in [-0.25, -0.2) is 4.39 Å². The van der Waals surface area contributed by atoms with Gasteiger partial charge in [0, 0.05) is 0 Å². The van der Waals surface area contributed by atoms with Gasteiger partial charge in [0.2, 0.25) is 0 Å². The number of phenols is 1. The van der Waals surface area contributed by atoms with E-state index in [4.69, 9.17) is 5.11 Å². The van der Waals surface area contributed by atoms with Crippen molar-refractivity contribution in [2.24, 2.45) is 0 Å². The molecule has 2 heteroatoms. The quantitative estimate of drug-likeness (QED) is 0.768. The van der Waals surface area contributed by atoms with Gasteiger partial charge in [0.15, 0.2) is 11.6 Å². The zero-order chi connectivity index (χ0) is 11.7. The standard InChI is InChI=1S/C14H13FO/c1-9-5-10(2)7-12(6-9)11-3-4-14(16)13(15)8-11/h3-8,16H,1-2H3. The van der Waals surface area contributed by atoms with E-state index in [-0.39, 0.29) is 5.75 Å². The van der Waals surface area contributed by atoms with Crippen molar-refractivity contribution in [3.63, 3.8) is 0 Å². The molecule has 16 heavy (non-hydrogen) atoms. The lowest BCUT2D eigenvalue weighted by atomic mass is 10.0. The van der Waals surface area contributed by atoms with E-state index in [2.05, 4.69) is 6.07 Å². The maximum atomic E-state index is 13.2. The number of halogens is 1. The fourth-order valence-electron chi connectivity index (χ4n) is 1.83. The van der Waals surface area contributed by atoms with Gasteiger partial charge in [0.25, 0.3) is 0 Å². The minimum atomic E-state index is -0.586. The normalized spacial score (nSPS) is 10.4. The van der Waals surface area contributed by atoms with E-state index >= 15 is 0 Å². The second-order valence-electron chi connectivity index (χ2n) is 4.04. The lowest BCUT2D eigenvalue weighted by molar-refractivity contribution is 0.432. The van der Waals surface area contributed by atoms with Crippen LogP contribution >= 0.6 is 0 Å². The first kappa shape index (κ1) is 10.7. The molecule has 0 radical (unpaired) electrons. The molecule has 0 spiro atoms. The smallest absolute Gasteiger partial charge is 0.165 e. The van der Waals surface area contributed by atoms with Gasteiger partial charge in [-0.3, -0.25) is 0 Å². The molecule has 0 unspecified atom stereocenters. The minimum absolute atomic E-state index is 0.312. The SMILES string of the molecule is Cc1cc(C)cc(-c2ccc(O)c(F)c2)c1. The Labute approximate surface area is 94.2 Å². The van der Waals surface area contributed by atoms with Crippen molar-refractivity contribution in [3.8, 4) is 16.9 Å². The third-order valence-corrected chi connectivity index (χ3v) is 2.50. The minimum Gasteiger partial charge on any atom is -0.505 e. The van der Waals surface area contributed by atoms with Crippen LogP contribution in [0.3, 0.4) is 0 Å². The summed E-state index contributed by atoms with van der Waals surface area (Å²) in [7, 11) is 0. The highest BCUT2D eigenvalue weighted by Crippen LogP contribution is 2.26. The molecule has 2 rings (SSSR count). The van der Waals surface area contributed by atoms with Crippen LogP contribution in [0.15, 0.2) is 36.4 Å². The summed E-state index contributed by atoms with van der Waals surface area (Å²) >= 11 is 0. The molecule has 82 valence electrons. The van der Waals surface area contributed by atoms with Crippen molar-refractivity contribution in [3.05, 3.63) is 53.3 Å². The Morgan fingerprint density at radius 3 is 2.06 bits per heavy atom.